The molecule has 1 N–H and O–H groups in total. The third kappa shape index (κ3) is 4.88. The normalized spacial score (nSPS) is 25.8. The van der Waals surface area contributed by atoms with E-state index in [0.29, 0.717) is 39.0 Å². The summed E-state index contributed by atoms with van der Waals surface area (Å²) in [5.41, 5.74) is 3.51. The van der Waals surface area contributed by atoms with Crippen LogP contribution in [0.5, 0.6) is 0 Å². The topological polar surface area (TPSA) is 50.2 Å². The van der Waals surface area contributed by atoms with Gasteiger partial charge in [0.25, 0.3) is 5.91 Å². The number of aromatic nitrogens is 2. The van der Waals surface area contributed by atoms with Crippen molar-refractivity contribution in [2.24, 2.45) is 23.7 Å². The summed E-state index contributed by atoms with van der Waals surface area (Å²) in [6.45, 7) is 3.35. The van der Waals surface area contributed by atoms with E-state index in [1.807, 2.05) is 37.3 Å². The van der Waals surface area contributed by atoms with E-state index < -0.39 is 0 Å². The van der Waals surface area contributed by atoms with E-state index in [9.17, 15) is 4.79 Å². The lowest BCUT2D eigenvalue weighted by Gasteiger charge is -2.56. The Morgan fingerprint density at radius 1 is 0.974 bits per heavy atom. The number of benzene rings is 2. The first kappa shape index (κ1) is 26.2. The highest BCUT2D eigenvalue weighted by atomic mass is 35.5. The van der Waals surface area contributed by atoms with E-state index in [1.54, 1.807) is 16.8 Å². The van der Waals surface area contributed by atoms with Gasteiger partial charge in [-0.05, 0) is 100 Å². The summed E-state index contributed by atoms with van der Waals surface area (Å²) in [5, 5.41) is 9.52. The molecule has 0 spiro atoms. The molecule has 8 heteroatoms. The largest absolute Gasteiger partial charge is 0.349 e. The van der Waals surface area contributed by atoms with Crippen molar-refractivity contribution in [2.75, 3.05) is 20.1 Å². The molecule has 0 aliphatic heterocycles. The van der Waals surface area contributed by atoms with Crippen LogP contribution in [0.1, 0.15) is 48.2 Å². The monoisotopic (exact) mass is 570 g/mol. The van der Waals surface area contributed by atoms with Crippen LogP contribution < -0.4 is 5.32 Å². The molecule has 200 valence electrons. The highest BCUT2D eigenvalue weighted by molar-refractivity contribution is 6.35. The maximum Gasteiger partial charge on any atom is 0.272 e. The summed E-state index contributed by atoms with van der Waals surface area (Å²) in [6, 6.07) is 13.4. The van der Waals surface area contributed by atoms with Crippen molar-refractivity contribution in [3.8, 4) is 16.9 Å². The van der Waals surface area contributed by atoms with Crippen molar-refractivity contribution in [1.29, 1.82) is 0 Å². The molecule has 3 aromatic rings. The SMILES string of the molecule is Cc1c(C(=O)NCCN(C)C2C3CC4CC(C3)CC2C4)nn(-c2ccc(Cl)cc2Cl)c1-c1ccc(Cl)cc1. The second-order valence-corrected chi connectivity index (χ2v) is 12.8. The Morgan fingerprint density at radius 3 is 2.24 bits per heavy atom. The average molecular weight is 572 g/mol. The van der Waals surface area contributed by atoms with Crippen molar-refractivity contribution in [3.05, 3.63) is 68.8 Å². The van der Waals surface area contributed by atoms with Gasteiger partial charge in [0.15, 0.2) is 5.69 Å². The van der Waals surface area contributed by atoms with E-state index in [4.69, 9.17) is 39.9 Å². The van der Waals surface area contributed by atoms with Crippen molar-refractivity contribution >= 4 is 40.7 Å². The van der Waals surface area contributed by atoms with Crippen LogP contribution in [0.4, 0.5) is 0 Å². The molecular weight excluding hydrogens is 539 g/mol. The number of carbonyl (C=O) groups excluding carboxylic acids is 1. The van der Waals surface area contributed by atoms with E-state index in [1.165, 1.54) is 32.1 Å². The zero-order valence-corrected chi connectivity index (χ0v) is 24.0. The summed E-state index contributed by atoms with van der Waals surface area (Å²) in [6.07, 6.45) is 7.04. The number of rotatable bonds is 7. The van der Waals surface area contributed by atoms with E-state index in [0.717, 1.165) is 47.0 Å². The van der Waals surface area contributed by atoms with Gasteiger partial charge >= 0.3 is 0 Å². The lowest BCUT2D eigenvalue weighted by Crippen LogP contribution is -2.55. The molecule has 0 atom stereocenters. The minimum atomic E-state index is -0.181. The molecule has 4 fully saturated rings. The van der Waals surface area contributed by atoms with Gasteiger partial charge < -0.3 is 10.2 Å². The van der Waals surface area contributed by atoms with Crippen LogP contribution in [0.3, 0.4) is 0 Å². The van der Waals surface area contributed by atoms with Crippen LogP contribution in [-0.2, 0) is 0 Å². The zero-order valence-electron chi connectivity index (χ0n) is 21.8. The van der Waals surface area contributed by atoms with Gasteiger partial charge in [-0.1, -0.05) is 46.9 Å². The summed E-state index contributed by atoms with van der Waals surface area (Å²) in [7, 11) is 2.24. The first-order valence-electron chi connectivity index (χ1n) is 13.6. The Labute approximate surface area is 239 Å². The number of nitrogens with one attached hydrogen (secondary N) is 1. The first-order valence-corrected chi connectivity index (χ1v) is 14.7. The Morgan fingerprint density at radius 2 is 1.61 bits per heavy atom. The molecule has 4 bridgehead atoms. The van der Waals surface area contributed by atoms with Crippen LogP contribution in [0.15, 0.2) is 42.5 Å². The fourth-order valence-electron chi connectivity index (χ4n) is 7.68. The smallest absolute Gasteiger partial charge is 0.272 e. The molecular formula is C30H33Cl3N4O. The molecule has 4 aliphatic carbocycles. The Kier molecular flexibility index (Phi) is 7.23. The Hall–Kier alpha value is -2.05. The molecule has 1 amide bonds. The number of halogens is 3. The van der Waals surface area contributed by atoms with E-state index in [-0.39, 0.29) is 5.91 Å². The number of hydrogen-bond donors (Lipinski definition) is 1. The average Bonchev–Trinajstić information content (AvgIpc) is 3.20. The van der Waals surface area contributed by atoms with Crippen molar-refractivity contribution in [1.82, 2.24) is 20.0 Å². The molecule has 0 unspecified atom stereocenters. The molecule has 2 aromatic carbocycles. The number of nitrogens with zero attached hydrogens (tertiary/aromatic N) is 3. The standard InChI is InChI=1S/C30H33Cl3N4O/c1-17-27(30(38)34-9-10-36(2)29-21-12-18-11-19(14-21)15-22(29)13-18)35-37(26-8-7-24(32)16-25(26)33)28(17)20-3-5-23(31)6-4-20/h3-8,16,18-19,21-22,29H,9-15H2,1-2H3,(H,34,38). The zero-order chi connectivity index (χ0) is 26.6. The molecule has 1 aromatic heterocycles. The van der Waals surface area contributed by atoms with Crippen molar-refractivity contribution in [3.63, 3.8) is 0 Å². The molecule has 7 rings (SSSR count). The second-order valence-electron chi connectivity index (χ2n) is 11.5. The van der Waals surface area contributed by atoms with Gasteiger partial charge in [0, 0.05) is 40.3 Å². The minimum Gasteiger partial charge on any atom is -0.349 e. The van der Waals surface area contributed by atoms with E-state index >= 15 is 0 Å². The summed E-state index contributed by atoms with van der Waals surface area (Å²) >= 11 is 18.9. The lowest BCUT2D eigenvalue weighted by atomic mass is 9.54. The van der Waals surface area contributed by atoms with Gasteiger partial charge in [-0.2, -0.15) is 5.10 Å². The number of likely N-dealkylation sites (N-methyl/N-ethyl adjacent to an activating group) is 1. The predicted octanol–water partition coefficient (Wildman–Crippen LogP) is 7.29. The van der Waals surface area contributed by atoms with Crippen molar-refractivity contribution in [2.45, 2.75) is 45.1 Å². The quantitative estimate of drug-likeness (QED) is 0.324. The molecule has 4 aliphatic rings. The van der Waals surface area contributed by atoms with E-state index in [2.05, 4.69) is 17.3 Å². The van der Waals surface area contributed by atoms with Gasteiger partial charge in [-0.3, -0.25) is 4.79 Å². The fourth-order valence-corrected chi connectivity index (χ4v) is 8.29. The first-order chi connectivity index (χ1) is 18.3. The molecule has 0 radical (unpaired) electrons. The Balaban J connectivity index is 1.21. The van der Waals surface area contributed by atoms with Crippen LogP contribution in [0, 0.1) is 30.6 Å². The predicted molar refractivity (Wildman–Crippen MR) is 155 cm³/mol. The lowest BCUT2D eigenvalue weighted by molar-refractivity contribution is -0.0567. The third-order valence-electron chi connectivity index (χ3n) is 9.03. The molecule has 4 saturated carbocycles. The van der Waals surface area contributed by atoms with Gasteiger partial charge in [-0.15, -0.1) is 0 Å². The fraction of sp³-hybridized carbons (Fsp3) is 0.467. The van der Waals surface area contributed by atoms with Gasteiger partial charge in [0.1, 0.15) is 0 Å². The molecule has 5 nitrogen and oxygen atoms in total. The van der Waals surface area contributed by atoms with Crippen LogP contribution in [-0.4, -0.2) is 46.8 Å². The number of carbonyl (C=O) groups is 1. The highest BCUT2D eigenvalue weighted by Crippen LogP contribution is 2.54. The molecule has 1 heterocycles. The Bertz CT molecular complexity index is 1320. The van der Waals surface area contributed by atoms with Crippen LogP contribution in [0.25, 0.3) is 16.9 Å². The third-order valence-corrected chi connectivity index (χ3v) is 9.82. The summed E-state index contributed by atoms with van der Waals surface area (Å²) < 4.78 is 1.73. The van der Waals surface area contributed by atoms with Crippen LogP contribution >= 0.6 is 34.8 Å². The minimum absolute atomic E-state index is 0.181. The van der Waals surface area contributed by atoms with Gasteiger partial charge in [-0.25, -0.2) is 4.68 Å². The summed E-state index contributed by atoms with van der Waals surface area (Å²) in [5.74, 6) is 3.40. The highest BCUT2D eigenvalue weighted by Gasteiger charge is 2.49. The molecule has 0 saturated heterocycles. The van der Waals surface area contributed by atoms with Gasteiger partial charge in [0.2, 0.25) is 0 Å². The number of hydrogen-bond acceptors (Lipinski definition) is 3. The summed E-state index contributed by atoms with van der Waals surface area (Å²) in [4.78, 5) is 15.9. The molecule has 38 heavy (non-hydrogen) atoms. The number of amides is 1. The van der Waals surface area contributed by atoms with Crippen LogP contribution in [0.2, 0.25) is 15.1 Å². The maximum absolute atomic E-state index is 13.4. The maximum atomic E-state index is 13.4. The van der Waals surface area contributed by atoms with Gasteiger partial charge in [0.05, 0.1) is 16.4 Å². The second kappa shape index (κ2) is 10.5. The van der Waals surface area contributed by atoms with Crippen molar-refractivity contribution < 1.29 is 4.79 Å².